The van der Waals surface area contributed by atoms with Crippen LogP contribution in [0.4, 0.5) is 4.79 Å². The first-order valence-electron chi connectivity index (χ1n) is 8.31. The Bertz CT molecular complexity index is 380. The van der Waals surface area contributed by atoms with Gasteiger partial charge in [0.1, 0.15) is 6.54 Å². The molecule has 21 heavy (non-hydrogen) atoms. The van der Waals surface area contributed by atoms with Crippen molar-refractivity contribution in [2.75, 3.05) is 6.54 Å². The van der Waals surface area contributed by atoms with Crippen LogP contribution in [0.1, 0.15) is 58.8 Å². The van der Waals surface area contributed by atoms with Crippen LogP contribution in [0.3, 0.4) is 0 Å². The molecule has 0 aliphatic heterocycles. The Hall–Kier alpha value is -1.26. The number of hydrogen-bond donors (Lipinski definition) is 2. The molecule has 0 aromatic carbocycles. The van der Waals surface area contributed by atoms with E-state index in [9.17, 15) is 9.59 Å². The maximum Gasteiger partial charge on any atom is 0.323 e. The standard InChI is InChI=1S/C16H28N2O3/c1-3-12-8-9-14(11(12)2)17-16(21)18(10-15(19)20)13-6-4-5-7-13/h11-14H,3-10H2,1-2H3,(H,17,21)(H,19,20). The van der Waals surface area contributed by atoms with Crippen molar-refractivity contribution in [3.63, 3.8) is 0 Å². The van der Waals surface area contributed by atoms with Crippen molar-refractivity contribution in [2.24, 2.45) is 11.8 Å². The van der Waals surface area contributed by atoms with Crippen molar-refractivity contribution in [2.45, 2.75) is 70.9 Å². The lowest BCUT2D eigenvalue weighted by Crippen LogP contribution is -2.51. The average molecular weight is 296 g/mol. The highest BCUT2D eigenvalue weighted by atomic mass is 16.4. The number of carboxylic acid groups (broad SMARTS) is 1. The molecule has 5 nitrogen and oxygen atoms in total. The lowest BCUT2D eigenvalue weighted by Gasteiger charge is -2.30. The predicted octanol–water partition coefficient (Wildman–Crippen LogP) is 2.85. The molecule has 0 aromatic rings. The number of amides is 2. The lowest BCUT2D eigenvalue weighted by atomic mass is 9.93. The fourth-order valence-electron chi connectivity index (χ4n) is 4.00. The number of carbonyl (C=O) groups excluding carboxylic acids is 1. The fourth-order valence-corrected chi connectivity index (χ4v) is 4.00. The van der Waals surface area contributed by atoms with Gasteiger partial charge in [-0.05, 0) is 37.5 Å². The van der Waals surface area contributed by atoms with Crippen LogP contribution in [0, 0.1) is 11.8 Å². The lowest BCUT2D eigenvalue weighted by molar-refractivity contribution is -0.138. The Morgan fingerprint density at radius 2 is 1.86 bits per heavy atom. The number of rotatable bonds is 5. The number of hydrogen-bond acceptors (Lipinski definition) is 2. The second-order valence-corrected chi connectivity index (χ2v) is 6.62. The summed E-state index contributed by atoms with van der Waals surface area (Å²) in [4.78, 5) is 25.1. The topological polar surface area (TPSA) is 69.6 Å². The van der Waals surface area contributed by atoms with Gasteiger partial charge in [0.15, 0.2) is 0 Å². The molecule has 2 rings (SSSR count). The maximum atomic E-state index is 12.5. The molecule has 120 valence electrons. The van der Waals surface area contributed by atoms with Crippen molar-refractivity contribution in [1.82, 2.24) is 10.2 Å². The highest BCUT2D eigenvalue weighted by Gasteiger charge is 2.35. The highest BCUT2D eigenvalue weighted by Crippen LogP contribution is 2.34. The number of nitrogens with one attached hydrogen (secondary N) is 1. The van der Waals surface area contributed by atoms with Gasteiger partial charge in [0.25, 0.3) is 0 Å². The first-order valence-corrected chi connectivity index (χ1v) is 8.31. The van der Waals surface area contributed by atoms with Gasteiger partial charge in [0.2, 0.25) is 0 Å². The zero-order chi connectivity index (χ0) is 15.4. The third-order valence-corrected chi connectivity index (χ3v) is 5.39. The molecule has 0 heterocycles. The van der Waals surface area contributed by atoms with E-state index in [-0.39, 0.29) is 24.7 Å². The molecule has 2 amide bonds. The number of aliphatic carboxylic acids is 1. The van der Waals surface area contributed by atoms with Gasteiger partial charge >= 0.3 is 12.0 Å². The summed E-state index contributed by atoms with van der Waals surface area (Å²) in [6.45, 7) is 4.21. The third-order valence-electron chi connectivity index (χ3n) is 5.39. The van der Waals surface area contributed by atoms with Crippen LogP contribution in [0.2, 0.25) is 0 Å². The summed E-state index contributed by atoms with van der Waals surface area (Å²) >= 11 is 0. The smallest absolute Gasteiger partial charge is 0.323 e. The molecule has 0 spiro atoms. The first-order chi connectivity index (χ1) is 10.0. The molecule has 2 saturated carbocycles. The summed E-state index contributed by atoms with van der Waals surface area (Å²) < 4.78 is 0. The van der Waals surface area contributed by atoms with Gasteiger partial charge in [-0.2, -0.15) is 0 Å². The molecule has 3 atom stereocenters. The van der Waals surface area contributed by atoms with E-state index in [1.54, 1.807) is 4.90 Å². The van der Waals surface area contributed by atoms with Crippen LogP contribution in [-0.2, 0) is 4.79 Å². The van der Waals surface area contributed by atoms with Crippen molar-refractivity contribution in [3.05, 3.63) is 0 Å². The van der Waals surface area contributed by atoms with Gasteiger partial charge in [-0.1, -0.05) is 33.1 Å². The molecular weight excluding hydrogens is 268 g/mol. The van der Waals surface area contributed by atoms with E-state index in [1.807, 2.05) is 0 Å². The van der Waals surface area contributed by atoms with E-state index in [0.29, 0.717) is 11.8 Å². The van der Waals surface area contributed by atoms with Crippen LogP contribution in [-0.4, -0.2) is 40.6 Å². The Morgan fingerprint density at radius 1 is 1.19 bits per heavy atom. The fraction of sp³-hybridized carbons (Fsp3) is 0.875. The first kappa shape index (κ1) is 16.1. The van der Waals surface area contributed by atoms with E-state index in [4.69, 9.17) is 5.11 Å². The van der Waals surface area contributed by atoms with Crippen LogP contribution in [0.5, 0.6) is 0 Å². The van der Waals surface area contributed by atoms with E-state index in [2.05, 4.69) is 19.2 Å². The van der Waals surface area contributed by atoms with Gasteiger partial charge < -0.3 is 15.3 Å². The third kappa shape index (κ3) is 3.89. The Morgan fingerprint density at radius 3 is 2.38 bits per heavy atom. The van der Waals surface area contributed by atoms with E-state index in [0.717, 1.165) is 44.9 Å². The van der Waals surface area contributed by atoms with Crippen molar-refractivity contribution in [1.29, 1.82) is 0 Å². The molecular formula is C16H28N2O3. The highest BCUT2D eigenvalue weighted by molar-refractivity contribution is 5.80. The largest absolute Gasteiger partial charge is 0.480 e. The SMILES string of the molecule is CCC1CCC(NC(=O)N(CC(=O)O)C2CCCC2)C1C. The summed E-state index contributed by atoms with van der Waals surface area (Å²) in [6.07, 6.45) is 7.35. The zero-order valence-electron chi connectivity index (χ0n) is 13.2. The Labute approximate surface area is 127 Å². The molecule has 0 radical (unpaired) electrons. The molecule has 3 unspecified atom stereocenters. The summed E-state index contributed by atoms with van der Waals surface area (Å²) in [7, 11) is 0. The van der Waals surface area contributed by atoms with E-state index in [1.165, 1.54) is 0 Å². The summed E-state index contributed by atoms with van der Waals surface area (Å²) in [6, 6.07) is 0.109. The zero-order valence-corrected chi connectivity index (χ0v) is 13.2. The summed E-state index contributed by atoms with van der Waals surface area (Å²) in [5.74, 6) is 0.229. The molecule has 2 aliphatic rings. The van der Waals surface area contributed by atoms with Crippen molar-refractivity contribution >= 4 is 12.0 Å². The number of nitrogens with zero attached hydrogens (tertiary/aromatic N) is 1. The quantitative estimate of drug-likeness (QED) is 0.819. The second kappa shape index (κ2) is 7.14. The van der Waals surface area contributed by atoms with Gasteiger partial charge in [-0.15, -0.1) is 0 Å². The molecule has 2 aliphatic carbocycles. The van der Waals surface area contributed by atoms with Crippen LogP contribution < -0.4 is 5.32 Å². The number of carboxylic acids is 1. The Balaban J connectivity index is 1.96. The average Bonchev–Trinajstić information content (AvgIpc) is 3.07. The summed E-state index contributed by atoms with van der Waals surface area (Å²) in [5.41, 5.74) is 0. The number of carbonyl (C=O) groups is 2. The molecule has 2 fully saturated rings. The van der Waals surface area contributed by atoms with Gasteiger partial charge in [0.05, 0.1) is 0 Å². The van der Waals surface area contributed by atoms with Crippen molar-refractivity contribution in [3.8, 4) is 0 Å². The maximum absolute atomic E-state index is 12.5. The predicted molar refractivity (Wildman–Crippen MR) is 81.1 cm³/mol. The minimum Gasteiger partial charge on any atom is -0.480 e. The van der Waals surface area contributed by atoms with Crippen LogP contribution in [0.25, 0.3) is 0 Å². The normalized spacial score (nSPS) is 29.5. The van der Waals surface area contributed by atoms with Crippen LogP contribution >= 0.6 is 0 Å². The van der Waals surface area contributed by atoms with E-state index >= 15 is 0 Å². The second-order valence-electron chi connectivity index (χ2n) is 6.62. The van der Waals surface area contributed by atoms with Gasteiger partial charge in [-0.3, -0.25) is 4.79 Å². The van der Waals surface area contributed by atoms with E-state index < -0.39 is 5.97 Å². The monoisotopic (exact) mass is 296 g/mol. The van der Waals surface area contributed by atoms with Gasteiger partial charge in [0, 0.05) is 12.1 Å². The van der Waals surface area contributed by atoms with Gasteiger partial charge in [-0.25, -0.2) is 4.79 Å². The molecule has 5 heteroatoms. The Kier molecular flexibility index (Phi) is 5.48. The molecule has 0 aromatic heterocycles. The minimum atomic E-state index is -0.928. The molecule has 0 saturated heterocycles. The van der Waals surface area contributed by atoms with Crippen LogP contribution in [0.15, 0.2) is 0 Å². The minimum absolute atomic E-state index is 0.0970. The summed E-state index contributed by atoms with van der Waals surface area (Å²) in [5, 5.41) is 12.2. The molecule has 2 N–H and O–H groups in total. The molecule has 0 bridgehead atoms. The van der Waals surface area contributed by atoms with Crippen molar-refractivity contribution < 1.29 is 14.7 Å². The number of urea groups is 1.